The molecule has 20 heavy (non-hydrogen) atoms. The molecule has 3 nitrogen and oxygen atoms in total. The standard InChI is InChI=1S/C15H12ClN3S/c1-10(14-3-2-6-20-14)19-13-7-11(9-17)4-5-12(13)18-15(19)8-16/h2-7,10H,8H2,1H3. The van der Waals surface area contributed by atoms with E-state index < -0.39 is 0 Å². The smallest absolute Gasteiger partial charge is 0.125 e. The van der Waals surface area contributed by atoms with Gasteiger partial charge >= 0.3 is 0 Å². The van der Waals surface area contributed by atoms with Crippen LogP contribution in [0.1, 0.15) is 29.2 Å². The number of benzene rings is 1. The molecule has 100 valence electrons. The molecule has 0 saturated heterocycles. The third-order valence-corrected chi connectivity index (χ3v) is 4.64. The molecule has 0 bridgehead atoms. The molecule has 3 rings (SSSR count). The van der Waals surface area contributed by atoms with Gasteiger partial charge in [-0.1, -0.05) is 6.07 Å². The zero-order chi connectivity index (χ0) is 14.1. The summed E-state index contributed by atoms with van der Waals surface area (Å²) in [6.07, 6.45) is 0. The number of hydrogen-bond donors (Lipinski definition) is 0. The molecule has 0 aliphatic carbocycles. The third kappa shape index (κ3) is 2.09. The second kappa shape index (κ2) is 5.28. The number of alkyl halides is 1. The van der Waals surface area contributed by atoms with E-state index in [0.29, 0.717) is 11.4 Å². The molecule has 0 aliphatic rings. The lowest BCUT2D eigenvalue weighted by Gasteiger charge is -2.15. The highest BCUT2D eigenvalue weighted by Crippen LogP contribution is 2.29. The Labute approximate surface area is 126 Å². The fraction of sp³-hybridized carbons (Fsp3) is 0.200. The molecule has 0 saturated carbocycles. The predicted octanol–water partition coefficient (Wildman–Crippen LogP) is 4.32. The minimum atomic E-state index is 0.155. The Kier molecular flexibility index (Phi) is 3.47. The molecule has 1 aromatic carbocycles. The Balaban J connectivity index is 2.24. The van der Waals surface area contributed by atoms with Gasteiger partial charge < -0.3 is 4.57 Å². The predicted molar refractivity (Wildman–Crippen MR) is 82.1 cm³/mol. The van der Waals surface area contributed by atoms with Crippen molar-refractivity contribution < 1.29 is 0 Å². The first-order valence-electron chi connectivity index (χ1n) is 6.25. The molecule has 0 aliphatic heterocycles. The van der Waals surface area contributed by atoms with Crippen LogP contribution in [0.25, 0.3) is 11.0 Å². The molecule has 0 fully saturated rings. The maximum absolute atomic E-state index is 9.07. The number of fused-ring (bicyclic) bond motifs is 1. The molecule has 0 radical (unpaired) electrons. The molecule has 3 aromatic rings. The summed E-state index contributed by atoms with van der Waals surface area (Å²) in [6.45, 7) is 2.13. The van der Waals surface area contributed by atoms with Crippen molar-refractivity contribution in [1.29, 1.82) is 5.26 Å². The number of hydrogen-bond acceptors (Lipinski definition) is 3. The molecule has 2 heterocycles. The van der Waals surface area contributed by atoms with E-state index in [4.69, 9.17) is 16.9 Å². The third-order valence-electron chi connectivity index (χ3n) is 3.35. The second-order valence-corrected chi connectivity index (χ2v) is 5.78. The van der Waals surface area contributed by atoms with Crippen LogP contribution in [-0.4, -0.2) is 9.55 Å². The average molecular weight is 302 g/mol. The summed E-state index contributed by atoms with van der Waals surface area (Å²) in [5.74, 6) is 1.18. The normalized spacial score (nSPS) is 12.4. The van der Waals surface area contributed by atoms with Gasteiger partial charge in [0.1, 0.15) is 5.82 Å². The first-order valence-corrected chi connectivity index (χ1v) is 7.66. The van der Waals surface area contributed by atoms with Crippen molar-refractivity contribution in [2.45, 2.75) is 18.8 Å². The van der Waals surface area contributed by atoms with Gasteiger partial charge in [-0.2, -0.15) is 5.26 Å². The van der Waals surface area contributed by atoms with Crippen LogP contribution >= 0.6 is 22.9 Å². The van der Waals surface area contributed by atoms with Crippen molar-refractivity contribution in [3.05, 3.63) is 52.0 Å². The van der Waals surface area contributed by atoms with E-state index in [1.165, 1.54) is 4.88 Å². The van der Waals surface area contributed by atoms with Crippen molar-refractivity contribution >= 4 is 34.0 Å². The molecular formula is C15H12ClN3S. The van der Waals surface area contributed by atoms with E-state index in [9.17, 15) is 0 Å². The molecule has 0 spiro atoms. The van der Waals surface area contributed by atoms with Crippen LogP contribution in [-0.2, 0) is 5.88 Å². The van der Waals surface area contributed by atoms with Crippen molar-refractivity contribution in [2.75, 3.05) is 0 Å². The summed E-state index contributed by atoms with van der Waals surface area (Å²) in [7, 11) is 0. The van der Waals surface area contributed by atoms with Gasteiger partial charge in [-0.15, -0.1) is 22.9 Å². The van der Waals surface area contributed by atoms with Gasteiger partial charge in [0, 0.05) is 4.88 Å². The molecule has 1 atom stereocenters. The van der Waals surface area contributed by atoms with Gasteiger partial charge in [-0.25, -0.2) is 4.98 Å². The van der Waals surface area contributed by atoms with Crippen molar-refractivity contribution in [3.63, 3.8) is 0 Å². The Morgan fingerprint density at radius 1 is 1.45 bits per heavy atom. The summed E-state index contributed by atoms with van der Waals surface area (Å²) in [6, 6.07) is 12.0. The van der Waals surface area contributed by atoms with Crippen LogP contribution in [0.4, 0.5) is 0 Å². The van der Waals surface area contributed by atoms with Gasteiger partial charge in [0.2, 0.25) is 0 Å². The average Bonchev–Trinajstić information content (AvgIpc) is 3.12. The monoisotopic (exact) mass is 301 g/mol. The Hall–Kier alpha value is -1.83. The molecule has 0 N–H and O–H groups in total. The maximum atomic E-state index is 9.07. The molecule has 5 heteroatoms. The number of thiophene rings is 1. The number of aromatic nitrogens is 2. The van der Waals surface area contributed by atoms with E-state index in [1.54, 1.807) is 17.4 Å². The van der Waals surface area contributed by atoms with Crippen LogP contribution in [0.5, 0.6) is 0 Å². The molecule has 1 unspecified atom stereocenters. The van der Waals surface area contributed by atoms with Gasteiger partial charge in [0.05, 0.1) is 34.6 Å². The van der Waals surface area contributed by atoms with Crippen LogP contribution in [0.15, 0.2) is 35.7 Å². The fourth-order valence-corrected chi connectivity index (χ4v) is 3.36. The van der Waals surface area contributed by atoms with E-state index in [0.717, 1.165) is 16.9 Å². The lowest BCUT2D eigenvalue weighted by atomic mass is 10.2. The minimum Gasteiger partial charge on any atom is -0.319 e. The van der Waals surface area contributed by atoms with Crippen molar-refractivity contribution in [1.82, 2.24) is 9.55 Å². The number of rotatable bonds is 3. The first kappa shape index (κ1) is 13.2. The van der Waals surface area contributed by atoms with Crippen molar-refractivity contribution in [2.24, 2.45) is 0 Å². The number of halogens is 1. The van der Waals surface area contributed by atoms with Gasteiger partial charge in [0.25, 0.3) is 0 Å². The largest absolute Gasteiger partial charge is 0.319 e. The van der Waals surface area contributed by atoms with E-state index >= 15 is 0 Å². The number of nitriles is 1. The zero-order valence-corrected chi connectivity index (χ0v) is 12.4. The van der Waals surface area contributed by atoms with E-state index in [-0.39, 0.29) is 6.04 Å². The number of nitrogens with zero attached hydrogens (tertiary/aromatic N) is 3. The summed E-state index contributed by atoms with van der Waals surface area (Å²) in [5.41, 5.74) is 2.47. The Bertz CT molecular complexity index is 783. The van der Waals surface area contributed by atoms with Crippen LogP contribution in [0.3, 0.4) is 0 Å². The summed E-state index contributed by atoms with van der Waals surface area (Å²) in [4.78, 5) is 5.81. The fourth-order valence-electron chi connectivity index (χ4n) is 2.40. The summed E-state index contributed by atoms with van der Waals surface area (Å²) >= 11 is 7.75. The second-order valence-electron chi connectivity index (χ2n) is 4.54. The summed E-state index contributed by atoms with van der Waals surface area (Å²) < 4.78 is 2.12. The summed E-state index contributed by atoms with van der Waals surface area (Å²) in [5, 5.41) is 11.1. The zero-order valence-electron chi connectivity index (χ0n) is 10.9. The SMILES string of the molecule is CC(c1cccs1)n1c(CCl)nc2ccc(C#N)cc21. The first-order chi connectivity index (χ1) is 9.74. The van der Waals surface area contributed by atoms with E-state index in [2.05, 4.69) is 34.0 Å². The lowest BCUT2D eigenvalue weighted by Crippen LogP contribution is -2.08. The topological polar surface area (TPSA) is 41.6 Å². The molecule has 0 amide bonds. The highest BCUT2D eigenvalue weighted by atomic mass is 35.5. The Morgan fingerprint density at radius 2 is 2.30 bits per heavy atom. The Morgan fingerprint density at radius 3 is 2.95 bits per heavy atom. The van der Waals surface area contributed by atoms with Crippen LogP contribution in [0, 0.1) is 11.3 Å². The highest BCUT2D eigenvalue weighted by Gasteiger charge is 2.17. The van der Waals surface area contributed by atoms with E-state index in [1.807, 2.05) is 18.2 Å². The van der Waals surface area contributed by atoms with Gasteiger partial charge in [-0.05, 0) is 36.6 Å². The van der Waals surface area contributed by atoms with Crippen molar-refractivity contribution in [3.8, 4) is 6.07 Å². The number of imidazole rings is 1. The molecular weight excluding hydrogens is 290 g/mol. The lowest BCUT2D eigenvalue weighted by molar-refractivity contribution is 0.644. The molecule has 2 aromatic heterocycles. The minimum absolute atomic E-state index is 0.155. The quantitative estimate of drug-likeness (QED) is 0.676. The van der Waals surface area contributed by atoms with Crippen LogP contribution in [0.2, 0.25) is 0 Å². The maximum Gasteiger partial charge on any atom is 0.125 e. The van der Waals surface area contributed by atoms with Gasteiger partial charge in [-0.3, -0.25) is 0 Å². The highest BCUT2D eigenvalue weighted by molar-refractivity contribution is 7.10. The van der Waals surface area contributed by atoms with Crippen LogP contribution < -0.4 is 0 Å². The van der Waals surface area contributed by atoms with Gasteiger partial charge in [0.15, 0.2) is 0 Å².